The van der Waals surface area contributed by atoms with Gasteiger partial charge in [0.2, 0.25) is 11.8 Å². The highest BCUT2D eigenvalue weighted by molar-refractivity contribution is 5.96. The van der Waals surface area contributed by atoms with Gasteiger partial charge in [-0.05, 0) is 37.0 Å². The molecule has 0 fully saturated rings. The topological polar surface area (TPSA) is 72.2 Å². The van der Waals surface area contributed by atoms with Crippen LogP contribution in [0.3, 0.4) is 0 Å². The second-order valence-corrected chi connectivity index (χ2v) is 4.46. The molecule has 4 heteroatoms. The standard InChI is InChI=1S/C14H16N2O2/c15-14(18)11-6-3-7-12(9-11)16-13(17)8-10-4-1-2-5-10/h1,3-4,6-7,9-10H,2,5,8H2,(H2,15,18)(H,16,17)/t10-/m0/s1. The summed E-state index contributed by atoms with van der Waals surface area (Å²) in [5.74, 6) is -0.192. The Morgan fingerprint density at radius 2 is 2.22 bits per heavy atom. The van der Waals surface area contributed by atoms with E-state index in [1.165, 1.54) is 0 Å². The maximum atomic E-state index is 11.8. The highest BCUT2D eigenvalue weighted by Crippen LogP contribution is 2.21. The van der Waals surface area contributed by atoms with Gasteiger partial charge in [0.05, 0.1) is 0 Å². The molecular formula is C14H16N2O2. The van der Waals surface area contributed by atoms with Gasteiger partial charge in [-0.2, -0.15) is 0 Å². The van der Waals surface area contributed by atoms with Gasteiger partial charge in [-0.15, -0.1) is 0 Å². The van der Waals surface area contributed by atoms with E-state index in [1.54, 1.807) is 24.3 Å². The first kappa shape index (κ1) is 12.4. The molecule has 0 unspecified atom stereocenters. The van der Waals surface area contributed by atoms with Crippen molar-refractivity contribution in [1.29, 1.82) is 0 Å². The van der Waals surface area contributed by atoms with Crippen LogP contribution < -0.4 is 11.1 Å². The summed E-state index contributed by atoms with van der Waals surface area (Å²) in [4.78, 5) is 22.8. The van der Waals surface area contributed by atoms with Gasteiger partial charge in [0.1, 0.15) is 0 Å². The summed E-state index contributed by atoms with van der Waals surface area (Å²) < 4.78 is 0. The van der Waals surface area contributed by atoms with E-state index >= 15 is 0 Å². The minimum atomic E-state index is -0.496. The third kappa shape index (κ3) is 3.20. The molecule has 0 aromatic heterocycles. The molecule has 1 aliphatic carbocycles. The lowest BCUT2D eigenvalue weighted by molar-refractivity contribution is -0.116. The van der Waals surface area contributed by atoms with Crippen molar-refractivity contribution in [3.8, 4) is 0 Å². The van der Waals surface area contributed by atoms with Gasteiger partial charge in [0.15, 0.2) is 0 Å². The first-order valence-electron chi connectivity index (χ1n) is 6.01. The average molecular weight is 244 g/mol. The van der Waals surface area contributed by atoms with Crippen LogP contribution in [-0.2, 0) is 4.79 Å². The Morgan fingerprint density at radius 3 is 2.89 bits per heavy atom. The summed E-state index contributed by atoms with van der Waals surface area (Å²) in [7, 11) is 0. The van der Waals surface area contributed by atoms with E-state index < -0.39 is 5.91 Å². The van der Waals surface area contributed by atoms with Crippen LogP contribution in [0.15, 0.2) is 36.4 Å². The molecule has 3 N–H and O–H groups in total. The van der Waals surface area contributed by atoms with Crippen LogP contribution in [0.1, 0.15) is 29.6 Å². The number of anilines is 1. The summed E-state index contributed by atoms with van der Waals surface area (Å²) in [6, 6.07) is 6.66. The fourth-order valence-electron chi connectivity index (χ4n) is 2.07. The van der Waals surface area contributed by atoms with Gasteiger partial charge >= 0.3 is 0 Å². The zero-order valence-corrected chi connectivity index (χ0v) is 10.1. The van der Waals surface area contributed by atoms with Crippen molar-refractivity contribution in [2.24, 2.45) is 11.7 Å². The molecule has 0 radical (unpaired) electrons. The van der Waals surface area contributed by atoms with Crippen LogP contribution in [0.2, 0.25) is 0 Å². The molecule has 0 heterocycles. The maximum Gasteiger partial charge on any atom is 0.248 e. The highest BCUT2D eigenvalue weighted by Gasteiger charge is 2.14. The predicted molar refractivity (Wildman–Crippen MR) is 70.1 cm³/mol. The fraction of sp³-hybridized carbons (Fsp3) is 0.286. The second-order valence-electron chi connectivity index (χ2n) is 4.46. The number of benzene rings is 1. The number of allylic oxidation sites excluding steroid dienone is 2. The summed E-state index contributed by atoms with van der Waals surface area (Å²) in [6.45, 7) is 0. The van der Waals surface area contributed by atoms with E-state index in [1.807, 2.05) is 0 Å². The number of amides is 2. The van der Waals surface area contributed by atoms with Crippen LogP contribution in [0.4, 0.5) is 5.69 Å². The van der Waals surface area contributed by atoms with Crippen molar-refractivity contribution in [1.82, 2.24) is 0 Å². The van der Waals surface area contributed by atoms with Gasteiger partial charge in [-0.25, -0.2) is 0 Å². The molecule has 0 aliphatic heterocycles. The molecule has 0 bridgehead atoms. The largest absolute Gasteiger partial charge is 0.366 e. The predicted octanol–water partition coefficient (Wildman–Crippen LogP) is 2.08. The van der Waals surface area contributed by atoms with E-state index in [4.69, 9.17) is 5.73 Å². The normalized spacial score (nSPS) is 17.7. The number of nitrogens with two attached hydrogens (primary N) is 1. The van der Waals surface area contributed by atoms with Gasteiger partial charge in [0, 0.05) is 17.7 Å². The highest BCUT2D eigenvalue weighted by atomic mass is 16.2. The molecule has 1 atom stereocenters. The Labute approximate surface area is 106 Å². The van der Waals surface area contributed by atoms with Crippen molar-refractivity contribution < 1.29 is 9.59 Å². The number of carbonyl (C=O) groups excluding carboxylic acids is 2. The van der Waals surface area contributed by atoms with Gasteiger partial charge < -0.3 is 11.1 Å². The van der Waals surface area contributed by atoms with Crippen LogP contribution >= 0.6 is 0 Å². The Kier molecular flexibility index (Phi) is 3.77. The molecule has 2 amide bonds. The fourth-order valence-corrected chi connectivity index (χ4v) is 2.07. The van der Waals surface area contributed by atoms with Crippen molar-refractivity contribution >= 4 is 17.5 Å². The summed E-state index contributed by atoms with van der Waals surface area (Å²) >= 11 is 0. The van der Waals surface area contributed by atoms with Crippen LogP contribution in [0.5, 0.6) is 0 Å². The summed E-state index contributed by atoms with van der Waals surface area (Å²) in [6.07, 6.45) is 6.76. The maximum absolute atomic E-state index is 11.8. The Bertz CT molecular complexity index is 494. The molecule has 94 valence electrons. The number of nitrogens with one attached hydrogen (secondary N) is 1. The first-order chi connectivity index (χ1) is 8.65. The number of primary amides is 1. The molecule has 1 aliphatic rings. The third-order valence-electron chi connectivity index (χ3n) is 2.99. The summed E-state index contributed by atoms with van der Waals surface area (Å²) in [5.41, 5.74) is 6.19. The van der Waals surface area contributed by atoms with Crippen LogP contribution in [0.25, 0.3) is 0 Å². The molecule has 2 rings (SSSR count). The van der Waals surface area contributed by atoms with E-state index in [2.05, 4.69) is 17.5 Å². The molecule has 0 saturated carbocycles. The minimum absolute atomic E-state index is 0.0341. The van der Waals surface area contributed by atoms with Gasteiger partial charge in [0.25, 0.3) is 0 Å². The molecule has 18 heavy (non-hydrogen) atoms. The SMILES string of the molecule is NC(=O)c1cccc(NC(=O)C[C@H]2C=CCC2)c1. The number of hydrogen-bond donors (Lipinski definition) is 2. The third-order valence-corrected chi connectivity index (χ3v) is 2.99. The minimum Gasteiger partial charge on any atom is -0.366 e. The first-order valence-corrected chi connectivity index (χ1v) is 6.01. The van der Waals surface area contributed by atoms with Gasteiger partial charge in [-0.3, -0.25) is 9.59 Å². The second kappa shape index (κ2) is 5.49. The zero-order chi connectivity index (χ0) is 13.0. The quantitative estimate of drug-likeness (QED) is 0.796. The van der Waals surface area contributed by atoms with Crippen molar-refractivity contribution in [3.05, 3.63) is 42.0 Å². The number of hydrogen-bond acceptors (Lipinski definition) is 2. The van der Waals surface area contributed by atoms with Crippen molar-refractivity contribution in [2.45, 2.75) is 19.3 Å². The molecule has 1 aromatic rings. The summed E-state index contributed by atoms with van der Waals surface area (Å²) in [5, 5.41) is 2.78. The van der Waals surface area contributed by atoms with Crippen molar-refractivity contribution in [2.75, 3.05) is 5.32 Å². The lowest BCUT2D eigenvalue weighted by Crippen LogP contribution is -2.16. The molecule has 0 saturated heterocycles. The number of carbonyl (C=O) groups is 2. The smallest absolute Gasteiger partial charge is 0.248 e. The van der Waals surface area contributed by atoms with Crippen LogP contribution in [0, 0.1) is 5.92 Å². The number of rotatable bonds is 4. The Morgan fingerprint density at radius 1 is 1.39 bits per heavy atom. The van der Waals surface area contributed by atoms with E-state index in [0.717, 1.165) is 12.8 Å². The average Bonchev–Trinajstić information content (AvgIpc) is 2.82. The van der Waals surface area contributed by atoms with Crippen molar-refractivity contribution in [3.63, 3.8) is 0 Å². The Hall–Kier alpha value is -2.10. The van der Waals surface area contributed by atoms with Crippen LogP contribution in [-0.4, -0.2) is 11.8 Å². The molecular weight excluding hydrogens is 228 g/mol. The lowest BCUT2D eigenvalue weighted by atomic mass is 10.0. The molecule has 4 nitrogen and oxygen atoms in total. The molecule has 1 aromatic carbocycles. The zero-order valence-electron chi connectivity index (χ0n) is 10.1. The van der Waals surface area contributed by atoms with E-state index in [0.29, 0.717) is 23.6 Å². The Balaban J connectivity index is 1.95. The lowest BCUT2D eigenvalue weighted by Gasteiger charge is -2.09. The van der Waals surface area contributed by atoms with E-state index in [9.17, 15) is 9.59 Å². The monoisotopic (exact) mass is 244 g/mol. The van der Waals surface area contributed by atoms with E-state index in [-0.39, 0.29) is 5.91 Å². The van der Waals surface area contributed by atoms with Gasteiger partial charge in [-0.1, -0.05) is 18.2 Å². The molecule has 0 spiro atoms.